The molecular weight excluding hydrogens is 438 g/mol. The summed E-state index contributed by atoms with van der Waals surface area (Å²) in [6, 6.07) is 14.6. The lowest BCUT2D eigenvalue weighted by molar-refractivity contribution is 0.0653. The van der Waals surface area contributed by atoms with Gasteiger partial charge in [0.25, 0.3) is 0 Å². The molecule has 0 aliphatic carbocycles. The molecule has 1 fully saturated rings. The Balaban J connectivity index is 1.20. The lowest BCUT2D eigenvalue weighted by Crippen LogP contribution is -2.47. The molecule has 0 saturated carbocycles. The van der Waals surface area contributed by atoms with Crippen molar-refractivity contribution in [2.45, 2.75) is 65.3 Å². The minimum atomic E-state index is -0.873. The Bertz CT molecular complexity index is 1220. The summed E-state index contributed by atoms with van der Waals surface area (Å²) in [6.45, 7) is 10.0. The second kappa shape index (κ2) is 9.76. The van der Waals surface area contributed by atoms with Gasteiger partial charge in [0, 0.05) is 55.7 Å². The van der Waals surface area contributed by atoms with Crippen LogP contribution in [0.15, 0.2) is 48.7 Å². The maximum absolute atomic E-state index is 11.3. The van der Waals surface area contributed by atoms with Gasteiger partial charge in [-0.1, -0.05) is 18.2 Å². The summed E-state index contributed by atoms with van der Waals surface area (Å²) in [5, 5.41) is 12.7. The van der Waals surface area contributed by atoms with Crippen LogP contribution in [-0.2, 0) is 19.6 Å². The van der Waals surface area contributed by atoms with Crippen molar-refractivity contribution in [3.05, 3.63) is 82.2 Å². The number of aromatic nitrogens is 2. The second-order valence-corrected chi connectivity index (χ2v) is 10.1. The topological polar surface area (TPSA) is 81.6 Å². The molecule has 2 aliphatic rings. The quantitative estimate of drug-likeness (QED) is 0.529. The number of aryl methyl sites for hydroxylation is 2. The van der Waals surface area contributed by atoms with E-state index < -0.39 is 5.97 Å². The van der Waals surface area contributed by atoms with Crippen molar-refractivity contribution in [1.82, 2.24) is 19.8 Å². The van der Waals surface area contributed by atoms with Crippen LogP contribution in [0.2, 0.25) is 0 Å². The van der Waals surface area contributed by atoms with Gasteiger partial charge in [-0.3, -0.25) is 9.80 Å². The highest BCUT2D eigenvalue weighted by molar-refractivity contribution is 5.87. The van der Waals surface area contributed by atoms with Gasteiger partial charge >= 0.3 is 5.97 Å². The molecule has 7 nitrogen and oxygen atoms in total. The van der Waals surface area contributed by atoms with E-state index in [0.717, 1.165) is 56.0 Å². The number of piperidine rings is 1. The van der Waals surface area contributed by atoms with Crippen LogP contribution in [0.4, 0.5) is 11.6 Å². The molecule has 0 spiro atoms. The average Bonchev–Trinajstić information content (AvgIpc) is 3.23. The molecule has 0 radical (unpaired) electrons. The molecule has 7 heteroatoms. The molecule has 182 valence electrons. The zero-order chi connectivity index (χ0) is 24.5. The van der Waals surface area contributed by atoms with Crippen LogP contribution in [0.1, 0.15) is 58.1 Å². The van der Waals surface area contributed by atoms with E-state index in [1.54, 1.807) is 12.1 Å². The molecule has 3 heterocycles. The zero-order valence-corrected chi connectivity index (χ0v) is 20.7. The summed E-state index contributed by atoms with van der Waals surface area (Å²) >= 11 is 0. The summed E-state index contributed by atoms with van der Waals surface area (Å²) in [6.07, 6.45) is 4.16. The number of likely N-dealkylation sites (tertiary alicyclic amines) is 1. The number of carbonyl (C=O) groups is 1. The highest BCUT2D eigenvalue weighted by Gasteiger charge is 2.33. The predicted molar refractivity (Wildman–Crippen MR) is 137 cm³/mol. The van der Waals surface area contributed by atoms with Crippen molar-refractivity contribution in [3.63, 3.8) is 0 Å². The van der Waals surface area contributed by atoms with Crippen molar-refractivity contribution in [2.24, 2.45) is 0 Å². The van der Waals surface area contributed by atoms with E-state index >= 15 is 0 Å². The van der Waals surface area contributed by atoms with Crippen LogP contribution in [0.3, 0.4) is 0 Å². The number of hydrogen-bond acceptors (Lipinski definition) is 6. The van der Waals surface area contributed by atoms with Gasteiger partial charge in [-0.25, -0.2) is 14.8 Å². The average molecular weight is 472 g/mol. The van der Waals surface area contributed by atoms with Crippen LogP contribution < -0.4 is 5.32 Å². The van der Waals surface area contributed by atoms with E-state index in [-0.39, 0.29) is 0 Å². The van der Waals surface area contributed by atoms with E-state index in [1.165, 1.54) is 16.7 Å². The largest absolute Gasteiger partial charge is 0.478 e. The molecule has 1 saturated heterocycles. The van der Waals surface area contributed by atoms with Gasteiger partial charge in [0.05, 0.1) is 11.3 Å². The Labute approximate surface area is 206 Å². The SMILES string of the molecule is Cc1cc(C)cc(Nc2ncc3c(n2)CN([C@@H]2CCN(Cc4cccc(C(=O)O)c4)[C@H](C)C2)C3)c1. The monoisotopic (exact) mass is 471 g/mol. The number of carboxylic acids is 1. The number of anilines is 2. The number of rotatable bonds is 6. The van der Waals surface area contributed by atoms with E-state index in [9.17, 15) is 9.90 Å². The number of fused-ring (bicyclic) bond motifs is 1. The first kappa shape index (κ1) is 23.5. The van der Waals surface area contributed by atoms with Crippen LogP contribution in [-0.4, -0.2) is 49.5 Å². The number of nitrogens with one attached hydrogen (secondary N) is 1. The molecule has 1 aromatic heterocycles. The second-order valence-electron chi connectivity index (χ2n) is 10.1. The zero-order valence-electron chi connectivity index (χ0n) is 20.7. The van der Waals surface area contributed by atoms with Gasteiger partial charge in [-0.05, 0) is 74.6 Å². The lowest BCUT2D eigenvalue weighted by Gasteiger charge is -2.41. The first-order valence-corrected chi connectivity index (χ1v) is 12.3. The number of benzene rings is 2. The van der Waals surface area contributed by atoms with Crippen LogP contribution in [0.5, 0.6) is 0 Å². The smallest absolute Gasteiger partial charge is 0.335 e. The first-order chi connectivity index (χ1) is 16.8. The third kappa shape index (κ3) is 5.36. The fourth-order valence-corrected chi connectivity index (χ4v) is 5.47. The highest BCUT2D eigenvalue weighted by Crippen LogP contribution is 2.31. The van der Waals surface area contributed by atoms with Gasteiger partial charge < -0.3 is 10.4 Å². The van der Waals surface area contributed by atoms with Crippen LogP contribution in [0.25, 0.3) is 0 Å². The molecule has 2 aliphatic heterocycles. The normalized spacial score (nSPS) is 20.5. The minimum absolute atomic E-state index is 0.354. The molecule has 3 aromatic rings. The Morgan fingerprint density at radius 1 is 1.14 bits per heavy atom. The summed E-state index contributed by atoms with van der Waals surface area (Å²) in [5.74, 6) is -0.218. The molecule has 0 amide bonds. The van der Waals surface area contributed by atoms with Gasteiger partial charge in [0.15, 0.2) is 0 Å². The first-order valence-electron chi connectivity index (χ1n) is 12.3. The summed E-state index contributed by atoms with van der Waals surface area (Å²) in [4.78, 5) is 25.7. The predicted octanol–water partition coefficient (Wildman–Crippen LogP) is 4.90. The maximum atomic E-state index is 11.3. The van der Waals surface area contributed by atoms with Gasteiger partial charge in [0.2, 0.25) is 5.95 Å². The van der Waals surface area contributed by atoms with E-state index in [4.69, 9.17) is 4.98 Å². The van der Waals surface area contributed by atoms with Crippen LogP contribution in [0, 0.1) is 13.8 Å². The molecule has 35 heavy (non-hydrogen) atoms. The molecule has 2 atom stereocenters. The van der Waals surface area contributed by atoms with Crippen molar-refractivity contribution in [1.29, 1.82) is 0 Å². The van der Waals surface area contributed by atoms with Gasteiger partial charge in [0.1, 0.15) is 0 Å². The summed E-state index contributed by atoms with van der Waals surface area (Å²) < 4.78 is 0. The third-order valence-electron chi connectivity index (χ3n) is 7.22. The highest BCUT2D eigenvalue weighted by atomic mass is 16.4. The fraction of sp³-hybridized carbons (Fsp3) is 0.393. The molecule has 2 N–H and O–H groups in total. The number of aromatic carboxylic acids is 1. The van der Waals surface area contributed by atoms with E-state index in [1.807, 2.05) is 18.3 Å². The maximum Gasteiger partial charge on any atom is 0.335 e. The van der Waals surface area contributed by atoms with Crippen LogP contribution >= 0.6 is 0 Å². The third-order valence-corrected chi connectivity index (χ3v) is 7.22. The lowest BCUT2D eigenvalue weighted by atomic mass is 9.96. The fourth-order valence-electron chi connectivity index (χ4n) is 5.47. The number of hydrogen-bond donors (Lipinski definition) is 2. The van der Waals surface area contributed by atoms with E-state index in [0.29, 0.717) is 23.6 Å². The molecule has 2 aromatic carbocycles. The molecule has 5 rings (SSSR count). The van der Waals surface area contributed by atoms with Gasteiger partial charge in [-0.15, -0.1) is 0 Å². The Morgan fingerprint density at radius 2 is 1.94 bits per heavy atom. The Hall–Kier alpha value is -3.29. The molecule has 0 bridgehead atoms. The number of nitrogens with zero attached hydrogens (tertiary/aromatic N) is 4. The summed E-state index contributed by atoms with van der Waals surface area (Å²) in [5.41, 5.74) is 7.21. The van der Waals surface area contributed by atoms with Crippen molar-refractivity contribution >= 4 is 17.6 Å². The molecular formula is C28H33N5O2. The Kier molecular flexibility index (Phi) is 6.54. The Morgan fingerprint density at radius 3 is 2.69 bits per heavy atom. The van der Waals surface area contributed by atoms with Crippen molar-refractivity contribution in [3.8, 4) is 0 Å². The minimum Gasteiger partial charge on any atom is -0.478 e. The molecule has 0 unspecified atom stereocenters. The van der Waals surface area contributed by atoms with Crippen molar-refractivity contribution < 1.29 is 9.90 Å². The standard InChI is InChI=1S/C28H33N5O2/c1-18-9-19(2)11-24(10-18)30-28-29-14-23-16-33(17-26(23)31-28)25-7-8-32(20(3)12-25)15-21-5-4-6-22(13-21)27(34)35/h4-6,9-11,13-14,20,25H,7-8,12,15-17H2,1-3H3,(H,34,35)(H,29,30,31)/t20-,25-/m1/s1. The van der Waals surface area contributed by atoms with Gasteiger partial charge in [-0.2, -0.15) is 0 Å². The van der Waals surface area contributed by atoms with Crippen molar-refractivity contribution in [2.75, 3.05) is 11.9 Å². The number of carboxylic acid groups (broad SMARTS) is 1. The summed E-state index contributed by atoms with van der Waals surface area (Å²) in [7, 11) is 0. The van der Waals surface area contributed by atoms with E-state index in [2.05, 4.69) is 59.1 Å².